The number of nitrogens with one attached hydrogen (secondary N) is 1. The summed E-state index contributed by atoms with van der Waals surface area (Å²) in [4.78, 5) is 4.80. The van der Waals surface area contributed by atoms with E-state index in [0.717, 1.165) is 24.4 Å². The third-order valence-electron chi connectivity index (χ3n) is 3.71. The standard InChI is InChI=1S/C14H18N2OS/c1-9-8-15-6-5-11(9)14-16-12-4-3-10(17-2)7-13(12)18-14/h3-4,7,9,11,15H,5-6,8H2,1-2H3. The summed E-state index contributed by atoms with van der Waals surface area (Å²) < 4.78 is 6.50. The van der Waals surface area contributed by atoms with Crippen LogP contribution in [0.25, 0.3) is 10.2 Å². The smallest absolute Gasteiger partial charge is 0.120 e. The average molecular weight is 262 g/mol. The number of fused-ring (bicyclic) bond motifs is 1. The molecular weight excluding hydrogens is 244 g/mol. The monoisotopic (exact) mass is 262 g/mol. The highest BCUT2D eigenvalue weighted by atomic mass is 32.1. The summed E-state index contributed by atoms with van der Waals surface area (Å²) in [6.07, 6.45) is 1.19. The van der Waals surface area contributed by atoms with Crippen LogP contribution in [0.3, 0.4) is 0 Å². The quantitative estimate of drug-likeness (QED) is 0.903. The maximum atomic E-state index is 5.27. The average Bonchev–Trinajstić information content (AvgIpc) is 2.81. The first-order valence-electron chi connectivity index (χ1n) is 6.43. The fourth-order valence-corrected chi connectivity index (χ4v) is 3.85. The molecule has 0 bridgehead atoms. The molecule has 0 aliphatic carbocycles. The third-order valence-corrected chi connectivity index (χ3v) is 4.86. The molecule has 4 heteroatoms. The Hall–Kier alpha value is -1.13. The van der Waals surface area contributed by atoms with Crippen LogP contribution in [-0.4, -0.2) is 25.2 Å². The summed E-state index contributed by atoms with van der Waals surface area (Å²) >= 11 is 1.82. The van der Waals surface area contributed by atoms with Crippen LogP contribution in [0.1, 0.15) is 24.3 Å². The summed E-state index contributed by atoms with van der Waals surface area (Å²) in [5.74, 6) is 2.19. The van der Waals surface area contributed by atoms with Gasteiger partial charge in [-0.15, -0.1) is 11.3 Å². The van der Waals surface area contributed by atoms with E-state index >= 15 is 0 Å². The highest BCUT2D eigenvalue weighted by Gasteiger charge is 2.25. The Labute approximate surface area is 111 Å². The molecule has 1 aromatic carbocycles. The van der Waals surface area contributed by atoms with E-state index in [1.165, 1.54) is 16.1 Å². The molecule has 0 spiro atoms. The highest BCUT2D eigenvalue weighted by molar-refractivity contribution is 7.18. The van der Waals surface area contributed by atoms with E-state index in [0.29, 0.717) is 11.8 Å². The van der Waals surface area contributed by atoms with Crippen molar-refractivity contribution in [2.24, 2.45) is 5.92 Å². The molecule has 1 aromatic heterocycles. The largest absolute Gasteiger partial charge is 0.497 e. The van der Waals surface area contributed by atoms with Gasteiger partial charge in [0, 0.05) is 5.92 Å². The lowest BCUT2D eigenvalue weighted by atomic mass is 9.88. The van der Waals surface area contributed by atoms with Gasteiger partial charge in [-0.2, -0.15) is 0 Å². The number of aromatic nitrogens is 1. The van der Waals surface area contributed by atoms with Gasteiger partial charge in [0.05, 0.1) is 22.3 Å². The zero-order valence-electron chi connectivity index (χ0n) is 10.8. The van der Waals surface area contributed by atoms with Crippen molar-refractivity contribution in [2.45, 2.75) is 19.3 Å². The molecule has 0 radical (unpaired) electrons. The number of rotatable bonds is 2. The topological polar surface area (TPSA) is 34.1 Å². The lowest BCUT2D eigenvalue weighted by Crippen LogP contribution is -2.33. The molecule has 3 nitrogen and oxygen atoms in total. The van der Waals surface area contributed by atoms with Crippen molar-refractivity contribution in [1.82, 2.24) is 10.3 Å². The van der Waals surface area contributed by atoms with Crippen molar-refractivity contribution in [3.05, 3.63) is 23.2 Å². The Morgan fingerprint density at radius 3 is 3.11 bits per heavy atom. The molecule has 2 unspecified atom stereocenters. The number of ether oxygens (including phenoxy) is 1. The first-order chi connectivity index (χ1) is 8.78. The van der Waals surface area contributed by atoms with Crippen LogP contribution in [0.2, 0.25) is 0 Å². The van der Waals surface area contributed by atoms with Crippen LogP contribution in [0, 0.1) is 5.92 Å². The number of piperidine rings is 1. The van der Waals surface area contributed by atoms with Crippen LogP contribution in [-0.2, 0) is 0 Å². The Bertz CT molecular complexity index is 552. The van der Waals surface area contributed by atoms with E-state index in [1.807, 2.05) is 17.4 Å². The van der Waals surface area contributed by atoms with Crippen molar-refractivity contribution in [2.75, 3.05) is 20.2 Å². The van der Waals surface area contributed by atoms with Crippen molar-refractivity contribution >= 4 is 21.6 Å². The SMILES string of the molecule is COc1ccc2nc(C3CCNCC3C)sc2c1. The number of thiazole rings is 1. The van der Waals surface area contributed by atoms with Gasteiger partial charge in [-0.1, -0.05) is 6.92 Å². The van der Waals surface area contributed by atoms with Crippen molar-refractivity contribution in [3.63, 3.8) is 0 Å². The molecule has 1 aliphatic heterocycles. The lowest BCUT2D eigenvalue weighted by molar-refractivity contribution is 0.349. The van der Waals surface area contributed by atoms with Gasteiger partial charge in [0.25, 0.3) is 0 Å². The first-order valence-corrected chi connectivity index (χ1v) is 7.25. The molecule has 18 heavy (non-hydrogen) atoms. The van der Waals surface area contributed by atoms with Gasteiger partial charge < -0.3 is 10.1 Å². The van der Waals surface area contributed by atoms with E-state index in [1.54, 1.807) is 7.11 Å². The zero-order valence-corrected chi connectivity index (χ0v) is 11.6. The van der Waals surface area contributed by atoms with Crippen molar-refractivity contribution in [1.29, 1.82) is 0 Å². The molecule has 2 atom stereocenters. The minimum Gasteiger partial charge on any atom is -0.497 e. The summed E-state index contributed by atoms with van der Waals surface area (Å²) in [7, 11) is 1.71. The van der Waals surface area contributed by atoms with Gasteiger partial charge in [0.1, 0.15) is 5.75 Å². The van der Waals surface area contributed by atoms with Crippen LogP contribution in [0.15, 0.2) is 18.2 Å². The van der Waals surface area contributed by atoms with E-state index < -0.39 is 0 Å². The Balaban J connectivity index is 1.97. The molecule has 3 rings (SSSR count). The van der Waals surface area contributed by atoms with Gasteiger partial charge in [-0.25, -0.2) is 4.98 Å². The second-order valence-electron chi connectivity index (χ2n) is 4.96. The van der Waals surface area contributed by atoms with Crippen LogP contribution >= 0.6 is 11.3 Å². The minimum atomic E-state index is 0.606. The fourth-order valence-electron chi connectivity index (χ4n) is 2.59. The van der Waals surface area contributed by atoms with Gasteiger partial charge >= 0.3 is 0 Å². The molecule has 96 valence electrons. The Kier molecular flexibility index (Phi) is 3.22. The molecule has 1 fully saturated rings. The maximum absolute atomic E-state index is 5.27. The van der Waals surface area contributed by atoms with Gasteiger partial charge in [-0.05, 0) is 43.6 Å². The van der Waals surface area contributed by atoms with Gasteiger partial charge in [0.15, 0.2) is 0 Å². The number of benzene rings is 1. The fraction of sp³-hybridized carbons (Fsp3) is 0.500. The predicted octanol–water partition coefficient (Wildman–Crippen LogP) is 3.02. The summed E-state index contributed by atoms with van der Waals surface area (Å²) in [6.45, 7) is 4.52. The molecular formula is C14H18N2OS. The summed E-state index contributed by atoms with van der Waals surface area (Å²) in [6, 6.07) is 6.12. The second-order valence-corrected chi connectivity index (χ2v) is 6.02. The van der Waals surface area contributed by atoms with Gasteiger partial charge in [-0.3, -0.25) is 0 Å². The van der Waals surface area contributed by atoms with Crippen LogP contribution in [0.5, 0.6) is 5.75 Å². The molecule has 1 saturated heterocycles. The van der Waals surface area contributed by atoms with E-state index in [-0.39, 0.29) is 0 Å². The molecule has 0 saturated carbocycles. The van der Waals surface area contributed by atoms with Crippen LogP contribution < -0.4 is 10.1 Å². The highest BCUT2D eigenvalue weighted by Crippen LogP contribution is 2.36. The first kappa shape index (κ1) is 11.9. The maximum Gasteiger partial charge on any atom is 0.120 e. The zero-order chi connectivity index (χ0) is 12.5. The van der Waals surface area contributed by atoms with Crippen LogP contribution in [0.4, 0.5) is 0 Å². The lowest BCUT2D eigenvalue weighted by Gasteiger charge is -2.27. The Morgan fingerprint density at radius 2 is 2.33 bits per heavy atom. The number of nitrogens with zero attached hydrogens (tertiary/aromatic N) is 1. The predicted molar refractivity (Wildman–Crippen MR) is 75.6 cm³/mol. The number of hydrogen-bond donors (Lipinski definition) is 1. The van der Waals surface area contributed by atoms with Crippen molar-refractivity contribution < 1.29 is 4.74 Å². The van der Waals surface area contributed by atoms with E-state index in [2.05, 4.69) is 24.4 Å². The molecule has 0 amide bonds. The van der Waals surface area contributed by atoms with E-state index in [9.17, 15) is 0 Å². The summed E-state index contributed by atoms with van der Waals surface area (Å²) in [5, 5.41) is 4.73. The normalized spacial score (nSPS) is 24.3. The molecule has 1 N–H and O–H groups in total. The Morgan fingerprint density at radius 1 is 1.44 bits per heavy atom. The third kappa shape index (κ3) is 2.10. The summed E-state index contributed by atoms with van der Waals surface area (Å²) in [5.41, 5.74) is 1.10. The second kappa shape index (κ2) is 4.86. The van der Waals surface area contributed by atoms with Crippen molar-refractivity contribution in [3.8, 4) is 5.75 Å². The molecule has 2 heterocycles. The molecule has 2 aromatic rings. The van der Waals surface area contributed by atoms with E-state index in [4.69, 9.17) is 9.72 Å². The minimum absolute atomic E-state index is 0.606. The van der Waals surface area contributed by atoms with Gasteiger partial charge in [0.2, 0.25) is 0 Å². The number of methoxy groups -OCH3 is 1. The number of hydrogen-bond acceptors (Lipinski definition) is 4. The molecule has 1 aliphatic rings.